The molecule has 0 amide bonds. The minimum absolute atomic E-state index is 0.0852. The molecule has 0 bridgehead atoms. The maximum Gasteiger partial charge on any atom is 0.344 e. The number of hydrogen-bond acceptors (Lipinski definition) is 8. The second-order valence-electron chi connectivity index (χ2n) is 11.9. The monoisotopic (exact) mass is 684 g/mol. The molecule has 0 aliphatic rings. The van der Waals surface area contributed by atoms with Crippen LogP contribution in [0, 0.1) is 0 Å². The molecule has 0 fully saturated rings. The average molecular weight is 685 g/mol. The Hall–Kier alpha value is -4.98. The molecule has 2 N–H and O–H groups in total. The number of ether oxygens (including phenoxy) is 4. The Balaban J connectivity index is 0.000000303. The van der Waals surface area contributed by atoms with Gasteiger partial charge in [-0.05, 0) is 97.2 Å². The summed E-state index contributed by atoms with van der Waals surface area (Å²) in [6.45, 7) is 8.06. The Kier molecular flexibility index (Phi) is 17.3. The molecule has 0 aliphatic carbocycles. The van der Waals surface area contributed by atoms with E-state index in [1.165, 1.54) is 55.7 Å². The number of unbranched alkanes of at least 4 members (excludes halogenated alkanes) is 4. The molecule has 0 radical (unpaired) electrons. The van der Waals surface area contributed by atoms with E-state index in [0.29, 0.717) is 24.7 Å². The van der Waals surface area contributed by atoms with Gasteiger partial charge in [0.05, 0.1) is 13.2 Å². The van der Waals surface area contributed by atoms with Crippen LogP contribution in [0.2, 0.25) is 0 Å². The van der Waals surface area contributed by atoms with Crippen LogP contribution in [0.5, 0.6) is 23.0 Å². The summed E-state index contributed by atoms with van der Waals surface area (Å²) in [4.78, 5) is 23.3. The van der Waals surface area contributed by atoms with E-state index in [4.69, 9.17) is 18.9 Å². The zero-order chi connectivity index (χ0) is 36.1. The Bertz CT molecular complexity index is 1540. The van der Waals surface area contributed by atoms with Crippen molar-refractivity contribution in [3.05, 3.63) is 96.1 Å². The van der Waals surface area contributed by atoms with Gasteiger partial charge in [-0.25, -0.2) is 9.59 Å². The lowest BCUT2D eigenvalue weighted by molar-refractivity contribution is -0.146. The van der Waals surface area contributed by atoms with Gasteiger partial charge in [0, 0.05) is 12.1 Å². The first kappa shape index (κ1) is 39.5. The zero-order valence-corrected chi connectivity index (χ0v) is 29.9. The molecule has 0 aromatic heterocycles. The fourth-order valence-corrected chi connectivity index (χ4v) is 5.24. The highest BCUT2D eigenvalue weighted by Gasteiger charge is 2.11. The molecule has 0 spiro atoms. The first-order chi connectivity index (χ1) is 24.2. The van der Waals surface area contributed by atoms with Crippen LogP contribution >= 0.6 is 0 Å². The summed E-state index contributed by atoms with van der Waals surface area (Å²) in [6.07, 6.45) is 9.50. The minimum atomic E-state index is -0.446. The number of benzene rings is 4. The van der Waals surface area contributed by atoms with Crippen molar-refractivity contribution in [3.8, 4) is 45.3 Å². The number of carbonyl (C=O) groups is 2. The van der Waals surface area contributed by atoms with Crippen LogP contribution in [0.1, 0.15) is 77.3 Å². The van der Waals surface area contributed by atoms with Crippen molar-refractivity contribution in [2.75, 3.05) is 26.4 Å². The van der Waals surface area contributed by atoms with Gasteiger partial charge >= 0.3 is 11.9 Å². The molecule has 8 nitrogen and oxygen atoms in total. The first-order valence-electron chi connectivity index (χ1n) is 17.7. The third-order valence-corrected chi connectivity index (χ3v) is 7.82. The lowest BCUT2D eigenvalue weighted by Crippen LogP contribution is -2.15. The van der Waals surface area contributed by atoms with Crippen molar-refractivity contribution in [1.82, 2.24) is 0 Å². The fourth-order valence-electron chi connectivity index (χ4n) is 5.24. The van der Waals surface area contributed by atoms with E-state index in [9.17, 15) is 19.8 Å². The molecular formula is C42H52O8. The van der Waals surface area contributed by atoms with Crippen LogP contribution in [-0.4, -0.2) is 48.6 Å². The summed E-state index contributed by atoms with van der Waals surface area (Å²) in [5.74, 6) is 0.188. The summed E-state index contributed by atoms with van der Waals surface area (Å²) < 4.78 is 21.0. The van der Waals surface area contributed by atoms with E-state index in [2.05, 4.69) is 50.2 Å². The van der Waals surface area contributed by atoms with Gasteiger partial charge in [0.25, 0.3) is 0 Å². The molecular weight excluding hydrogens is 632 g/mol. The largest absolute Gasteiger partial charge is 0.508 e. The van der Waals surface area contributed by atoms with Gasteiger partial charge in [-0.15, -0.1) is 0 Å². The molecule has 50 heavy (non-hydrogen) atoms. The summed E-state index contributed by atoms with van der Waals surface area (Å²) in [6, 6.07) is 26.6. The first-order valence-corrected chi connectivity index (χ1v) is 17.7. The minimum Gasteiger partial charge on any atom is -0.508 e. The van der Waals surface area contributed by atoms with Gasteiger partial charge < -0.3 is 29.2 Å². The van der Waals surface area contributed by atoms with Gasteiger partial charge in [-0.1, -0.05) is 88.1 Å². The highest BCUT2D eigenvalue weighted by Crippen LogP contribution is 2.31. The summed E-state index contributed by atoms with van der Waals surface area (Å²) in [5.41, 5.74) is 6.32. The smallest absolute Gasteiger partial charge is 0.344 e. The van der Waals surface area contributed by atoms with E-state index in [1.807, 2.05) is 24.3 Å². The Labute approximate surface area is 297 Å². The maximum atomic E-state index is 11.6. The van der Waals surface area contributed by atoms with Crippen molar-refractivity contribution >= 4 is 11.9 Å². The summed E-state index contributed by atoms with van der Waals surface area (Å²) >= 11 is 0. The van der Waals surface area contributed by atoms with Crippen LogP contribution in [0.4, 0.5) is 0 Å². The van der Waals surface area contributed by atoms with Crippen molar-refractivity contribution in [3.63, 3.8) is 0 Å². The maximum absolute atomic E-state index is 11.6. The molecule has 268 valence electrons. The van der Waals surface area contributed by atoms with Crippen LogP contribution in [0.15, 0.2) is 84.9 Å². The van der Waals surface area contributed by atoms with Crippen LogP contribution < -0.4 is 9.47 Å². The average Bonchev–Trinajstić information content (AvgIpc) is 3.11. The molecule has 0 saturated heterocycles. The molecule has 4 aromatic carbocycles. The van der Waals surface area contributed by atoms with Crippen molar-refractivity contribution in [1.29, 1.82) is 0 Å². The molecule has 4 aromatic rings. The number of phenolic OH excluding ortho intramolecular Hbond substituents is 2. The van der Waals surface area contributed by atoms with Gasteiger partial charge in [-0.3, -0.25) is 0 Å². The van der Waals surface area contributed by atoms with Crippen molar-refractivity contribution in [2.24, 2.45) is 0 Å². The Morgan fingerprint density at radius 3 is 1.28 bits per heavy atom. The molecule has 0 aliphatic heterocycles. The number of hydrogen-bond donors (Lipinski definition) is 2. The third-order valence-electron chi connectivity index (χ3n) is 7.82. The molecule has 8 heteroatoms. The van der Waals surface area contributed by atoms with E-state index < -0.39 is 11.9 Å². The van der Waals surface area contributed by atoms with Crippen LogP contribution in [0.25, 0.3) is 22.3 Å². The topological polar surface area (TPSA) is 112 Å². The molecule has 0 unspecified atom stereocenters. The Morgan fingerprint density at radius 1 is 0.500 bits per heavy atom. The number of phenols is 2. The molecule has 0 saturated carbocycles. The standard InChI is InChI=1S/C25H32O6.C17H20O2/c1-4-7-8-9-19-10-12-20(13-11-19)21-14-22(30-17-24(26)28-5-2)16-23(15-21)31-18-25(27)29-6-3;1-2-3-4-5-13-6-8-14(9-7-13)15-10-16(18)12-17(19)11-15/h10-16H,4-9,17-18H2,1-3H3;6-12,18-19H,2-5H2,1H3. The molecule has 0 atom stereocenters. The normalized spacial score (nSPS) is 10.5. The highest BCUT2D eigenvalue weighted by molar-refractivity contribution is 5.73. The van der Waals surface area contributed by atoms with E-state index in [0.717, 1.165) is 35.1 Å². The zero-order valence-electron chi connectivity index (χ0n) is 29.9. The number of carbonyl (C=O) groups excluding carboxylic acids is 2. The van der Waals surface area contributed by atoms with Crippen LogP contribution in [-0.2, 0) is 31.9 Å². The van der Waals surface area contributed by atoms with Gasteiger partial charge in [-0.2, -0.15) is 0 Å². The predicted molar refractivity (Wildman–Crippen MR) is 198 cm³/mol. The highest BCUT2D eigenvalue weighted by atomic mass is 16.6. The lowest BCUT2D eigenvalue weighted by Gasteiger charge is -2.13. The van der Waals surface area contributed by atoms with Crippen molar-refractivity contribution in [2.45, 2.75) is 79.1 Å². The van der Waals surface area contributed by atoms with Crippen molar-refractivity contribution < 1.29 is 38.7 Å². The van der Waals surface area contributed by atoms with Gasteiger partial charge in [0.15, 0.2) is 13.2 Å². The number of rotatable bonds is 18. The van der Waals surface area contributed by atoms with Crippen LogP contribution in [0.3, 0.4) is 0 Å². The number of aromatic hydroxyl groups is 2. The van der Waals surface area contributed by atoms with E-state index in [-0.39, 0.29) is 24.7 Å². The van der Waals surface area contributed by atoms with Gasteiger partial charge in [0.1, 0.15) is 23.0 Å². The SMILES string of the molecule is CCCCCc1ccc(-c2cc(O)cc(O)c2)cc1.CCCCCc1ccc(-c2cc(OCC(=O)OCC)cc(OCC(=O)OCC)c2)cc1. The molecule has 0 heterocycles. The predicted octanol–water partition coefficient (Wildman–Crippen LogP) is 9.47. The number of esters is 2. The molecule has 4 rings (SSSR count). The van der Waals surface area contributed by atoms with E-state index in [1.54, 1.807) is 32.0 Å². The third kappa shape index (κ3) is 14.2. The Morgan fingerprint density at radius 2 is 0.900 bits per heavy atom. The quantitative estimate of drug-likeness (QED) is 0.0788. The number of aryl methyl sites for hydroxylation is 2. The summed E-state index contributed by atoms with van der Waals surface area (Å²) in [7, 11) is 0. The van der Waals surface area contributed by atoms with Gasteiger partial charge in [0.2, 0.25) is 0 Å². The van der Waals surface area contributed by atoms with E-state index >= 15 is 0 Å². The second kappa shape index (κ2) is 21.9. The lowest BCUT2D eigenvalue weighted by atomic mass is 10.0. The fraction of sp³-hybridized carbons (Fsp3) is 0.381. The second-order valence-corrected chi connectivity index (χ2v) is 11.9. The summed E-state index contributed by atoms with van der Waals surface area (Å²) in [5, 5.41) is 19.0.